The van der Waals surface area contributed by atoms with Gasteiger partial charge in [0.15, 0.2) is 0 Å². The van der Waals surface area contributed by atoms with Crippen LogP contribution in [-0.2, 0) is 4.74 Å². The highest BCUT2D eigenvalue weighted by molar-refractivity contribution is 5.65. The number of hydrogen-bond acceptors (Lipinski definition) is 3. The number of unbranched alkanes of at least 4 members (excludes halogenated alkanes) is 10. The van der Waals surface area contributed by atoms with Crippen LogP contribution in [0, 0.1) is 34.5 Å². The van der Waals surface area contributed by atoms with Crippen LogP contribution in [0.3, 0.4) is 0 Å². The summed E-state index contributed by atoms with van der Waals surface area (Å²) in [5, 5.41) is 0. The zero-order valence-electron chi connectivity index (χ0n) is 51.0. The third-order valence-electron chi connectivity index (χ3n) is 18.9. The van der Waals surface area contributed by atoms with E-state index in [2.05, 4.69) is 152 Å². The van der Waals surface area contributed by atoms with Crippen molar-refractivity contribution in [3.63, 3.8) is 0 Å². The number of rotatable bonds is 38. The van der Waals surface area contributed by atoms with E-state index in [1.54, 1.807) is 0 Å². The minimum atomic E-state index is 0.533. The van der Waals surface area contributed by atoms with E-state index in [4.69, 9.17) is 14.2 Å². The van der Waals surface area contributed by atoms with E-state index in [-0.39, 0.29) is 0 Å². The molecule has 3 nitrogen and oxygen atoms in total. The van der Waals surface area contributed by atoms with Gasteiger partial charge in [-0.05, 0) is 194 Å². The fourth-order valence-corrected chi connectivity index (χ4v) is 13.0. The van der Waals surface area contributed by atoms with Crippen LogP contribution in [0.1, 0.15) is 271 Å². The second-order valence-corrected chi connectivity index (χ2v) is 27.0. The molecule has 0 aromatic heterocycles. The molecule has 428 valence electrons. The molecule has 3 heteroatoms. The second kappa shape index (κ2) is 34.6. The van der Waals surface area contributed by atoms with Crippen molar-refractivity contribution >= 4 is 0 Å². The first kappa shape index (κ1) is 62.6. The molecule has 6 rings (SSSR count). The van der Waals surface area contributed by atoms with Gasteiger partial charge in [0, 0.05) is 13.2 Å². The molecule has 0 heterocycles. The fourth-order valence-electron chi connectivity index (χ4n) is 13.0. The number of benzene rings is 4. The van der Waals surface area contributed by atoms with Crippen molar-refractivity contribution in [2.45, 2.75) is 260 Å². The van der Waals surface area contributed by atoms with E-state index < -0.39 is 0 Å². The smallest absolute Gasteiger partial charge is 0.119 e. The first-order valence-electron chi connectivity index (χ1n) is 32.6. The molecule has 0 aliphatic heterocycles. The van der Waals surface area contributed by atoms with Crippen molar-refractivity contribution < 1.29 is 14.2 Å². The van der Waals surface area contributed by atoms with Crippen LogP contribution in [0.25, 0.3) is 22.3 Å². The van der Waals surface area contributed by atoms with Gasteiger partial charge in [0.2, 0.25) is 0 Å². The van der Waals surface area contributed by atoms with E-state index >= 15 is 0 Å². The molecule has 2 atom stereocenters. The topological polar surface area (TPSA) is 27.7 Å². The van der Waals surface area contributed by atoms with Gasteiger partial charge in [0.1, 0.15) is 11.5 Å². The lowest BCUT2D eigenvalue weighted by Gasteiger charge is -2.38. The number of ether oxygens (including phenoxy) is 3. The van der Waals surface area contributed by atoms with Crippen molar-refractivity contribution in [1.29, 1.82) is 0 Å². The van der Waals surface area contributed by atoms with Gasteiger partial charge in [0.05, 0.1) is 13.2 Å². The Morgan fingerprint density at radius 2 is 0.662 bits per heavy atom. The summed E-state index contributed by atoms with van der Waals surface area (Å²) < 4.78 is 18.3. The summed E-state index contributed by atoms with van der Waals surface area (Å²) in [6.45, 7) is 22.7. The Bertz CT molecular complexity index is 1950. The normalized spacial score (nSPS) is 20.6. The Balaban J connectivity index is 0.703. The third kappa shape index (κ3) is 24.0. The maximum atomic E-state index is 6.12. The molecule has 0 N–H and O–H groups in total. The Kier molecular flexibility index (Phi) is 28.1. The predicted molar refractivity (Wildman–Crippen MR) is 334 cm³/mol. The van der Waals surface area contributed by atoms with Crippen LogP contribution in [0.4, 0.5) is 0 Å². The monoisotopic (exact) mass is 1050 g/mol. The zero-order valence-corrected chi connectivity index (χ0v) is 51.0. The molecule has 4 aromatic carbocycles. The first-order valence-corrected chi connectivity index (χ1v) is 32.6. The molecule has 2 unspecified atom stereocenters. The highest BCUT2D eigenvalue weighted by Crippen LogP contribution is 2.47. The summed E-state index contributed by atoms with van der Waals surface area (Å²) in [6.07, 6.45) is 40.1. The lowest BCUT2D eigenvalue weighted by Crippen LogP contribution is -2.23. The van der Waals surface area contributed by atoms with Gasteiger partial charge in [-0.15, -0.1) is 0 Å². The summed E-state index contributed by atoms with van der Waals surface area (Å²) in [5.74, 6) is 6.48. The molecule has 2 saturated carbocycles. The number of hydrogen-bond donors (Lipinski definition) is 0. The minimum absolute atomic E-state index is 0.533. The Labute approximate surface area is 474 Å². The Morgan fingerprint density at radius 3 is 1.00 bits per heavy atom. The van der Waals surface area contributed by atoms with Crippen molar-refractivity contribution in [2.75, 3.05) is 26.4 Å². The summed E-state index contributed by atoms with van der Waals surface area (Å²) in [6, 6.07) is 36.5. The van der Waals surface area contributed by atoms with Crippen LogP contribution >= 0.6 is 0 Å². The van der Waals surface area contributed by atoms with E-state index in [1.807, 2.05) is 0 Å². The van der Waals surface area contributed by atoms with Gasteiger partial charge in [-0.1, -0.05) is 231 Å². The van der Waals surface area contributed by atoms with Gasteiger partial charge in [-0.3, -0.25) is 0 Å². The van der Waals surface area contributed by atoms with E-state index in [0.29, 0.717) is 22.7 Å². The second-order valence-electron chi connectivity index (χ2n) is 27.0. The Morgan fingerprint density at radius 1 is 0.351 bits per heavy atom. The third-order valence-corrected chi connectivity index (χ3v) is 18.9. The summed E-state index contributed by atoms with van der Waals surface area (Å²) in [5.41, 5.74) is 9.30. The SMILES string of the molecule is CC(C)CCCC(C)CCOc1ccc(-c2ccc(C3CCC(C)(CCCCCCCCOCCCCCCCCC4(C)CCC(c5ccc(-c6ccc(OCCC(C)CCCC(C)C)cc6)cc5)CC4)CC3)cc2)cc1. The standard InChI is InChI=1S/C74H114O3/c1-59(2)23-21-25-61(5)47-57-76-71-39-35-67(36-40-71)63-27-31-65(32-28-63)69-43-51-73(7,52-44-69)49-17-13-9-11-15-19-55-75-56-20-16-12-10-14-18-50-74(8)53-45-70(46-54-74)66-33-29-64(30-34-66)68-37-41-72(42-38-68)77-58-48-62(6)26-22-24-60(3)4/h27-42,59-62,69-70H,9-26,43-58H2,1-8H3. The molecule has 77 heavy (non-hydrogen) atoms. The molecular weight excluding hydrogens is 937 g/mol. The lowest BCUT2D eigenvalue weighted by atomic mass is 9.68. The van der Waals surface area contributed by atoms with Gasteiger partial charge in [0.25, 0.3) is 0 Å². The van der Waals surface area contributed by atoms with Gasteiger partial charge in [-0.2, -0.15) is 0 Å². The van der Waals surface area contributed by atoms with Crippen molar-refractivity contribution in [3.05, 3.63) is 108 Å². The summed E-state index contributed by atoms with van der Waals surface area (Å²) in [4.78, 5) is 0. The quantitative estimate of drug-likeness (QED) is 0.0419. The van der Waals surface area contributed by atoms with E-state index in [1.165, 1.54) is 213 Å². The molecular formula is C74H114O3. The highest BCUT2D eigenvalue weighted by atomic mass is 16.5. The summed E-state index contributed by atoms with van der Waals surface area (Å²) >= 11 is 0. The fraction of sp³-hybridized carbons (Fsp3) is 0.676. The largest absolute Gasteiger partial charge is 0.494 e. The molecule has 2 fully saturated rings. The molecule has 0 saturated heterocycles. The molecule has 2 aliphatic carbocycles. The maximum absolute atomic E-state index is 6.12. The maximum Gasteiger partial charge on any atom is 0.119 e. The molecule has 2 aliphatic rings. The molecule has 0 amide bonds. The highest BCUT2D eigenvalue weighted by Gasteiger charge is 2.32. The summed E-state index contributed by atoms with van der Waals surface area (Å²) in [7, 11) is 0. The van der Waals surface area contributed by atoms with Crippen molar-refractivity contribution in [1.82, 2.24) is 0 Å². The van der Waals surface area contributed by atoms with Crippen LogP contribution in [-0.4, -0.2) is 26.4 Å². The first-order chi connectivity index (χ1) is 37.3. The average molecular weight is 1050 g/mol. The minimum Gasteiger partial charge on any atom is -0.494 e. The van der Waals surface area contributed by atoms with Gasteiger partial charge < -0.3 is 14.2 Å². The zero-order chi connectivity index (χ0) is 54.6. The average Bonchev–Trinajstić information content (AvgIpc) is 3.43. The van der Waals surface area contributed by atoms with Crippen LogP contribution in [0.15, 0.2) is 97.1 Å². The molecule has 0 radical (unpaired) electrons. The Hall–Kier alpha value is -3.56. The van der Waals surface area contributed by atoms with Gasteiger partial charge in [-0.25, -0.2) is 0 Å². The molecule has 0 bridgehead atoms. The van der Waals surface area contributed by atoms with Crippen molar-refractivity contribution in [2.24, 2.45) is 34.5 Å². The van der Waals surface area contributed by atoms with Crippen LogP contribution in [0.2, 0.25) is 0 Å². The van der Waals surface area contributed by atoms with E-state index in [9.17, 15) is 0 Å². The van der Waals surface area contributed by atoms with E-state index in [0.717, 1.165) is 74.4 Å². The molecule has 4 aromatic rings. The lowest BCUT2D eigenvalue weighted by molar-refractivity contribution is 0.125. The predicted octanol–water partition coefficient (Wildman–Crippen LogP) is 23.0. The van der Waals surface area contributed by atoms with Crippen LogP contribution < -0.4 is 9.47 Å². The molecule has 0 spiro atoms. The van der Waals surface area contributed by atoms with Crippen molar-refractivity contribution in [3.8, 4) is 33.8 Å². The van der Waals surface area contributed by atoms with Gasteiger partial charge >= 0.3 is 0 Å². The van der Waals surface area contributed by atoms with Crippen LogP contribution in [0.5, 0.6) is 11.5 Å².